The molecular formula is C12H15ClN2O3. The van der Waals surface area contributed by atoms with Crippen molar-refractivity contribution in [2.24, 2.45) is 5.73 Å². The molecule has 0 radical (unpaired) electrons. The Hall–Kier alpha value is -1.75. The number of aromatic hydroxyl groups is 1. The Morgan fingerprint density at radius 1 is 1.44 bits per heavy atom. The summed E-state index contributed by atoms with van der Waals surface area (Å²) in [7, 11) is 0. The molecule has 0 aliphatic rings. The van der Waals surface area contributed by atoms with E-state index in [1.165, 1.54) is 23.1 Å². The Morgan fingerprint density at radius 2 is 2.06 bits per heavy atom. The molecule has 0 atom stereocenters. The lowest BCUT2D eigenvalue weighted by atomic mass is 10.1. The molecule has 0 bridgehead atoms. The number of nitrogens with two attached hydrogens (primary N) is 1. The zero-order valence-corrected chi connectivity index (χ0v) is 10.9. The summed E-state index contributed by atoms with van der Waals surface area (Å²) in [6, 6.07) is 3.94. The van der Waals surface area contributed by atoms with Crippen LogP contribution in [0.3, 0.4) is 0 Å². The summed E-state index contributed by atoms with van der Waals surface area (Å²) in [5.74, 6) is -1.28. The van der Waals surface area contributed by atoms with Gasteiger partial charge >= 0.3 is 0 Å². The van der Waals surface area contributed by atoms with Gasteiger partial charge in [0.2, 0.25) is 5.91 Å². The van der Waals surface area contributed by atoms with E-state index in [2.05, 4.69) is 0 Å². The second-order valence-electron chi connectivity index (χ2n) is 4.15. The number of carbonyl (C=O) groups is 2. The van der Waals surface area contributed by atoms with Crippen molar-refractivity contribution in [3.05, 3.63) is 28.8 Å². The van der Waals surface area contributed by atoms with Crippen LogP contribution in [0.2, 0.25) is 5.02 Å². The van der Waals surface area contributed by atoms with Crippen molar-refractivity contribution in [2.75, 3.05) is 6.54 Å². The van der Waals surface area contributed by atoms with Gasteiger partial charge in [-0.2, -0.15) is 0 Å². The van der Waals surface area contributed by atoms with E-state index in [9.17, 15) is 14.7 Å². The summed E-state index contributed by atoms with van der Waals surface area (Å²) in [4.78, 5) is 24.4. The van der Waals surface area contributed by atoms with Crippen LogP contribution < -0.4 is 5.73 Å². The van der Waals surface area contributed by atoms with Crippen LogP contribution in [0.5, 0.6) is 5.75 Å². The van der Waals surface area contributed by atoms with Gasteiger partial charge in [-0.25, -0.2) is 0 Å². The van der Waals surface area contributed by atoms with E-state index in [0.29, 0.717) is 5.02 Å². The zero-order valence-electron chi connectivity index (χ0n) is 10.2. The maximum Gasteiger partial charge on any atom is 0.258 e. The van der Waals surface area contributed by atoms with E-state index in [1.54, 1.807) is 13.8 Å². The summed E-state index contributed by atoms with van der Waals surface area (Å²) < 4.78 is 0. The Morgan fingerprint density at radius 3 is 2.56 bits per heavy atom. The number of primary amides is 1. The van der Waals surface area contributed by atoms with Gasteiger partial charge in [-0.1, -0.05) is 11.6 Å². The lowest BCUT2D eigenvalue weighted by molar-refractivity contribution is -0.119. The minimum atomic E-state index is -0.612. The van der Waals surface area contributed by atoms with Crippen molar-refractivity contribution in [2.45, 2.75) is 19.9 Å². The van der Waals surface area contributed by atoms with E-state index in [4.69, 9.17) is 17.3 Å². The van der Waals surface area contributed by atoms with Crippen LogP contribution in [0.25, 0.3) is 0 Å². The van der Waals surface area contributed by atoms with Crippen molar-refractivity contribution in [1.29, 1.82) is 0 Å². The fraction of sp³-hybridized carbons (Fsp3) is 0.333. The Kier molecular flexibility index (Phi) is 4.55. The van der Waals surface area contributed by atoms with Gasteiger partial charge in [0.15, 0.2) is 0 Å². The second kappa shape index (κ2) is 5.73. The molecule has 3 N–H and O–H groups in total. The largest absolute Gasteiger partial charge is 0.507 e. The molecule has 0 heterocycles. The summed E-state index contributed by atoms with van der Waals surface area (Å²) in [5.41, 5.74) is 5.15. The highest BCUT2D eigenvalue weighted by Crippen LogP contribution is 2.23. The van der Waals surface area contributed by atoms with E-state index in [-0.39, 0.29) is 23.9 Å². The average Bonchev–Trinajstić information content (AvgIpc) is 2.27. The van der Waals surface area contributed by atoms with Gasteiger partial charge in [0, 0.05) is 11.1 Å². The predicted octanol–water partition coefficient (Wildman–Crippen LogP) is 1.38. The Balaban J connectivity index is 3.09. The third-order valence-corrected chi connectivity index (χ3v) is 2.63. The average molecular weight is 271 g/mol. The number of halogens is 1. The summed E-state index contributed by atoms with van der Waals surface area (Å²) in [6.45, 7) is 3.30. The topological polar surface area (TPSA) is 83.6 Å². The van der Waals surface area contributed by atoms with Gasteiger partial charge in [-0.05, 0) is 32.0 Å². The minimum absolute atomic E-state index is 0.0532. The van der Waals surface area contributed by atoms with Crippen LogP contribution in [0.15, 0.2) is 18.2 Å². The highest BCUT2D eigenvalue weighted by atomic mass is 35.5. The van der Waals surface area contributed by atoms with Crippen LogP contribution in [0.1, 0.15) is 24.2 Å². The second-order valence-corrected chi connectivity index (χ2v) is 4.59. The first-order valence-corrected chi connectivity index (χ1v) is 5.78. The summed E-state index contributed by atoms with van der Waals surface area (Å²) in [5, 5.41) is 9.98. The quantitative estimate of drug-likeness (QED) is 0.867. The molecule has 0 spiro atoms. The number of nitrogens with zero attached hydrogens (tertiary/aromatic N) is 1. The monoisotopic (exact) mass is 270 g/mol. The SMILES string of the molecule is CC(C)N(CC(N)=O)C(=O)c1cc(Cl)ccc1O. The molecule has 0 aliphatic carbocycles. The van der Waals surface area contributed by atoms with E-state index in [0.717, 1.165) is 0 Å². The first-order chi connectivity index (χ1) is 8.32. The number of carbonyl (C=O) groups excluding carboxylic acids is 2. The zero-order chi connectivity index (χ0) is 13.9. The number of rotatable bonds is 4. The summed E-state index contributed by atoms with van der Waals surface area (Å²) >= 11 is 5.78. The van der Waals surface area contributed by atoms with Gasteiger partial charge in [0.05, 0.1) is 12.1 Å². The van der Waals surface area contributed by atoms with Crippen LogP contribution in [-0.2, 0) is 4.79 Å². The van der Waals surface area contributed by atoms with E-state index in [1.807, 2.05) is 0 Å². The summed E-state index contributed by atoms with van der Waals surface area (Å²) in [6.07, 6.45) is 0. The van der Waals surface area contributed by atoms with Gasteiger partial charge in [-0.3, -0.25) is 9.59 Å². The molecule has 0 aromatic heterocycles. The molecule has 5 nitrogen and oxygen atoms in total. The standard InChI is InChI=1S/C12H15ClN2O3/c1-7(2)15(6-11(14)17)12(18)9-5-8(13)3-4-10(9)16/h3-5,7,16H,6H2,1-2H3,(H2,14,17). The molecule has 1 aromatic carbocycles. The molecule has 18 heavy (non-hydrogen) atoms. The number of phenols is 1. The maximum atomic E-state index is 12.2. The first kappa shape index (κ1) is 14.3. The lowest BCUT2D eigenvalue weighted by Crippen LogP contribution is -2.42. The molecule has 6 heteroatoms. The van der Waals surface area contributed by atoms with Crippen molar-refractivity contribution >= 4 is 23.4 Å². The maximum absolute atomic E-state index is 12.2. The van der Waals surface area contributed by atoms with Gasteiger partial charge < -0.3 is 15.7 Å². The molecule has 98 valence electrons. The third kappa shape index (κ3) is 3.37. The fourth-order valence-corrected chi connectivity index (χ4v) is 1.66. The van der Waals surface area contributed by atoms with Crippen LogP contribution in [0, 0.1) is 0 Å². The molecule has 1 rings (SSSR count). The molecule has 0 unspecified atom stereocenters. The fourth-order valence-electron chi connectivity index (χ4n) is 1.49. The van der Waals surface area contributed by atoms with Crippen LogP contribution in [-0.4, -0.2) is 34.4 Å². The number of benzene rings is 1. The van der Waals surface area contributed by atoms with Crippen molar-refractivity contribution < 1.29 is 14.7 Å². The highest BCUT2D eigenvalue weighted by molar-refractivity contribution is 6.31. The lowest BCUT2D eigenvalue weighted by Gasteiger charge is -2.25. The first-order valence-electron chi connectivity index (χ1n) is 5.40. The van der Waals surface area contributed by atoms with Gasteiger partial charge in [0.1, 0.15) is 5.75 Å². The molecular weight excluding hydrogens is 256 g/mol. The van der Waals surface area contributed by atoms with Gasteiger partial charge in [0.25, 0.3) is 5.91 Å². The Bertz CT molecular complexity index is 474. The molecule has 0 saturated carbocycles. The van der Waals surface area contributed by atoms with Crippen molar-refractivity contribution in [1.82, 2.24) is 4.90 Å². The predicted molar refractivity (Wildman–Crippen MR) is 68.5 cm³/mol. The molecule has 0 fully saturated rings. The number of hydrogen-bond donors (Lipinski definition) is 2. The smallest absolute Gasteiger partial charge is 0.258 e. The van der Waals surface area contributed by atoms with Gasteiger partial charge in [-0.15, -0.1) is 0 Å². The van der Waals surface area contributed by atoms with E-state index >= 15 is 0 Å². The number of hydrogen-bond acceptors (Lipinski definition) is 3. The third-order valence-electron chi connectivity index (χ3n) is 2.40. The van der Waals surface area contributed by atoms with Crippen LogP contribution in [0.4, 0.5) is 0 Å². The highest BCUT2D eigenvalue weighted by Gasteiger charge is 2.23. The molecule has 0 aliphatic heterocycles. The van der Waals surface area contributed by atoms with Crippen molar-refractivity contribution in [3.63, 3.8) is 0 Å². The van der Waals surface area contributed by atoms with Crippen LogP contribution >= 0.6 is 11.6 Å². The van der Waals surface area contributed by atoms with E-state index < -0.39 is 11.8 Å². The van der Waals surface area contributed by atoms with Crippen molar-refractivity contribution in [3.8, 4) is 5.75 Å². The normalized spacial score (nSPS) is 10.4. The molecule has 1 aromatic rings. The number of phenolic OH excluding ortho intramolecular Hbond substituents is 1. The molecule has 2 amide bonds. The minimum Gasteiger partial charge on any atom is -0.507 e. The Labute approximate surface area is 110 Å². The number of amides is 2. The molecule has 0 saturated heterocycles.